The Bertz CT molecular complexity index is 319. The maximum atomic E-state index is 12.2. The number of amides is 1. The van der Waals surface area contributed by atoms with Crippen molar-refractivity contribution in [2.24, 2.45) is 0 Å². The largest absolute Gasteiger partial charge is 0.479 e. The number of carbonyl (C=O) groups is 2. The maximum Gasteiger partial charge on any atom is 0.329 e. The Kier molecular flexibility index (Phi) is 5.14. The van der Waals surface area contributed by atoms with Crippen molar-refractivity contribution in [1.82, 2.24) is 10.2 Å². The van der Waals surface area contributed by atoms with E-state index in [-0.39, 0.29) is 11.9 Å². The van der Waals surface area contributed by atoms with Crippen molar-refractivity contribution in [3.8, 4) is 0 Å². The average Bonchev–Trinajstić information content (AvgIpc) is 2.73. The molecule has 0 aromatic rings. The third kappa shape index (κ3) is 2.83. The SMILES string of the molecule is CCNC(C)CC(=O)N1CCCC1(CC)C(=O)O. The van der Waals surface area contributed by atoms with E-state index in [1.165, 1.54) is 0 Å². The van der Waals surface area contributed by atoms with Crippen molar-refractivity contribution in [2.45, 2.75) is 58.0 Å². The van der Waals surface area contributed by atoms with E-state index in [1.54, 1.807) is 4.90 Å². The first-order valence-corrected chi connectivity index (χ1v) is 6.75. The van der Waals surface area contributed by atoms with E-state index in [0.29, 0.717) is 25.8 Å². The minimum Gasteiger partial charge on any atom is -0.479 e. The molecule has 1 saturated heterocycles. The molecule has 1 fully saturated rings. The van der Waals surface area contributed by atoms with Gasteiger partial charge in [-0.15, -0.1) is 0 Å². The second kappa shape index (κ2) is 6.18. The second-order valence-corrected chi connectivity index (χ2v) is 5.00. The molecule has 2 atom stereocenters. The van der Waals surface area contributed by atoms with Crippen molar-refractivity contribution in [1.29, 1.82) is 0 Å². The fraction of sp³-hybridized carbons (Fsp3) is 0.846. The fourth-order valence-electron chi connectivity index (χ4n) is 2.78. The molecule has 0 aromatic carbocycles. The number of hydrogen-bond donors (Lipinski definition) is 2. The summed E-state index contributed by atoms with van der Waals surface area (Å²) in [7, 11) is 0. The maximum absolute atomic E-state index is 12.2. The van der Waals surface area contributed by atoms with Crippen LogP contribution in [-0.2, 0) is 9.59 Å². The summed E-state index contributed by atoms with van der Waals surface area (Å²) in [5, 5.41) is 12.6. The molecule has 2 N–H and O–H groups in total. The molecule has 0 radical (unpaired) electrons. The summed E-state index contributed by atoms with van der Waals surface area (Å²) in [6.45, 7) is 7.16. The number of aliphatic carboxylic acids is 1. The van der Waals surface area contributed by atoms with Crippen molar-refractivity contribution >= 4 is 11.9 Å². The molecule has 0 spiro atoms. The van der Waals surface area contributed by atoms with Crippen LogP contribution in [0, 0.1) is 0 Å². The summed E-state index contributed by atoms with van der Waals surface area (Å²) in [6, 6.07) is 0.0893. The van der Waals surface area contributed by atoms with Gasteiger partial charge < -0.3 is 15.3 Å². The molecule has 18 heavy (non-hydrogen) atoms. The number of nitrogens with one attached hydrogen (secondary N) is 1. The number of rotatable bonds is 6. The molecule has 0 aromatic heterocycles. The van der Waals surface area contributed by atoms with E-state index in [1.807, 2.05) is 20.8 Å². The molecule has 2 unspecified atom stereocenters. The van der Waals surface area contributed by atoms with Gasteiger partial charge in [0.2, 0.25) is 5.91 Å². The van der Waals surface area contributed by atoms with E-state index < -0.39 is 11.5 Å². The Morgan fingerprint density at radius 2 is 2.11 bits per heavy atom. The molecular formula is C13H24N2O3. The molecule has 1 aliphatic heterocycles. The Labute approximate surface area is 109 Å². The zero-order chi connectivity index (χ0) is 13.8. The number of nitrogens with zero attached hydrogens (tertiary/aromatic N) is 1. The summed E-state index contributed by atoms with van der Waals surface area (Å²) < 4.78 is 0. The Hall–Kier alpha value is -1.10. The topological polar surface area (TPSA) is 69.6 Å². The van der Waals surface area contributed by atoms with Gasteiger partial charge in [0.1, 0.15) is 5.54 Å². The van der Waals surface area contributed by atoms with Crippen LogP contribution in [-0.4, -0.2) is 46.6 Å². The van der Waals surface area contributed by atoms with Gasteiger partial charge in [0.15, 0.2) is 0 Å². The fourth-order valence-corrected chi connectivity index (χ4v) is 2.78. The first kappa shape index (κ1) is 15.0. The van der Waals surface area contributed by atoms with Crippen LogP contribution in [0.15, 0.2) is 0 Å². The van der Waals surface area contributed by atoms with Gasteiger partial charge >= 0.3 is 5.97 Å². The van der Waals surface area contributed by atoms with Crippen LogP contribution in [0.4, 0.5) is 0 Å². The van der Waals surface area contributed by atoms with Gasteiger partial charge in [-0.3, -0.25) is 4.79 Å². The lowest BCUT2D eigenvalue weighted by Crippen LogP contribution is -2.53. The zero-order valence-corrected chi connectivity index (χ0v) is 11.5. The normalized spacial score (nSPS) is 25.2. The number of likely N-dealkylation sites (tertiary alicyclic amines) is 1. The number of carbonyl (C=O) groups excluding carboxylic acids is 1. The Balaban J connectivity index is 2.75. The van der Waals surface area contributed by atoms with E-state index >= 15 is 0 Å². The minimum atomic E-state index is -0.969. The zero-order valence-electron chi connectivity index (χ0n) is 11.5. The highest BCUT2D eigenvalue weighted by molar-refractivity contribution is 5.88. The average molecular weight is 256 g/mol. The summed E-state index contributed by atoms with van der Waals surface area (Å²) in [5.74, 6) is -0.919. The molecule has 5 heteroatoms. The molecule has 0 saturated carbocycles. The van der Waals surface area contributed by atoms with Crippen molar-refractivity contribution in [3.63, 3.8) is 0 Å². The molecule has 1 heterocycles. The summed E-state index contributed by atoms with van der Waals surface area (Å²) in [6.07, 6.45) is 2.19. The summed E-state index contributed by atoms with van der Waals surface area (Å²) in [4.78, 5) is 25.3. The predicted octanol–water partition coefficient (Wildman–Crippen LogP) is 1.23. The molecule has 5 nitrogen and oxygen atoms in total. The molecule has 0 bridgehead atoms. The second-order valence-electron chi connectivity index (χ2n) is 5.00. The van der Waals surface area contributed by atoms with E-state index in [0.717, 1.165) is 13.0 Å². The summed E-state index contributed by atoms with van der Waals surface area (Å²) in [5.41, 5.74) is -0.969. The lowest BCUT2D eigenvalue weighted by molar-refractivity contribution is -0.157. The van der Waals surface area contributed by atoms with Gasteiger partial charge in [-0.05, 0) is 32.7 Å². The van der Waals surface area contributed by atoms with Crippen LogP contribution < -0.4 is 5.32 Å². The molecular weight excluding hydrogens is 232 g/mol. The van der Waals surface area contributed by atoms with Crippen LogP contribution in [0.1, 0.15) is 46.5 Å². The van der Waals surface area contributed by atoms with Gasteiger partial charge in [-0.25, -0.2) is 4.79 Å². The molecule has 1 aliphatic rings. The highest BCUT2D eigenvalue weighted by Crippen LogP contribution is 2.33. The summed E-state index contributed by atoms with van der Waals surface area (Å²) >= 11 is 0. The quantitative estimate of drug-likeness (QED) is 0.750. The van der Waals surface area contributed by atoms with Crippen LogP contribution in [0.25, 0.3) is 0 Å². The predicted molar refractivity (Wildman–Crippen MR) is 69.4 cm³/mol. The van der Waals surface area contributed by atoms with Crippen LogP contribution in [0.2, 0.25) is 0 Å². The van der Waals surface area contributed by atoms with Gasteiger partial charge in [-0.1, -0.05) is 13.8 Å². The van der Waals surface area contributed by atoms with Crippen molar-refractivity contribution in [3.05, 3.63) is 0 Å². The monoisotopic (exact) mass is 256 g/mol. The minimum absolute atomic E-state index is 0.0507. The van der Waals surface area contributed by atoms with Crippen LogP contribution in [0.5, 0.6) is 0 Å². The lowest BCUT2D eigenvalue weighted by atomic mass is 9.92. The van der Waals surface area contributed by atoms with E-state index in [4.69, 9.17) is 0 Å². The lowest BCUT2D eigenvalue weighted by Gasteiger charge is -2.34. The van der Waals surface area contributed by atoms with Gasteiger partial charge in [-0.2, -0.15) is 0 Å². The Morgan fingerprint density at radius 3 is 2.61 bits per heavy atom. The smallest absolute Gasteiger partial charge is 0.329 e. The van der Waals surface area contributed by atoms with Crippen molar-refractivity contribution < 1.29 is 14.7 Å². The first-order valence-electron chi connectivity index (χ1n) is 6.75. The number of hydrogen-bond acceptors (Lipinski definition) is 3. The standard InChI is InChI=1S/C13H24N2O3/c1-4-13(12(17)18)7-6-8-15(13)11(16)9-10(3)14-5-2/h10,14H,4-9H2,1-3H3,(H,17,18). The molecule has 104 valence electrons. The van der Waals surface area contributed by atoms with Crippen LogP contribution >= 0.6 is 0 Å². The van der Waals surface area contributed by atoms with E-state index in [9.17, 15) is 14.7 Å². The van der Waals surface area contributed by atoms with Crippen molar-refractivity contribution in [2.75, 3.05) is 13.1 Å². The van der Waals surface area contributed by atoms with Gasteiger partial charge in [0.05, 0.1) is 0 Å². The van der Waals surface area contributed by atoms with Gasteiger partial charge in [0, 0.05) is 19.0 Å². The highest BCUT2D eigenvalue weighted by atomic mass is 16.4. The Morgan fingerprint density at radius 1 is 1.44 bits per heavy atom. The van der Waals surface area contributed by atoms with E-state index in [2.05, 4.69) is 5.32 Å². The number of carboxylic acids is 1. The van der Waals surface area contributed by atoms with Gasteiger partial charge in [0.25, 0.3) is 0 Å². The third-order valence-corrected chi connectivity index (χ3v) is 3.81. The molecule has 0 aliphatic carbocycles. The molecule has 1 amide bonds. The third-order valence-electron chi connectivity index (χ3n) is 3.81. The van der Waals surface area contributed by atoms with Crippen LogP contribution in [0.3, 0.4) is 0 Å². The first-order chi connectivity index (χ1) is 8.47. The number of carboxylic acid groups (broad SMARTS) is 1. The molecule has 1 rings (SSSR count). The highest BCUT2D eigenvalue weighted by Gasteiger charge is 2.48.